The van der Waals surface area contributed by atoms with Crippen LogP contribution in [0.5, 0.6) is 0 Å². The molecule has 0 radical (unpaired) electrons. The van der Waals surface area contributed by atoms with E-state index in [1.54, 1.807) is 0 Å². The molecule has 0 spiro atoms. The highest BCUT2D eigenvalue weighted by Gasteiger charge is 2.16. The Hall–Kier alpha value is -0.830. The zero-order chi connectivity index (χ0) is 11.3. The summed E-state index contributed by atoms with van der Waals surface area (Å²) in [7, 11) is 2.02. The Labute approximate surface area is 92.9 Å². The minimum atomic E-state index is 0.384. The molecule has 86 valence electrons. The Morgan fingerprint density at radius 3 is 2.73 bits per heavy atom. The monoisotopic (exact) mass is 209 g/mol. The molecule has 1 heterocycles. The van der Waals surface area contributed by atoms with Crippen LogP contribution >= 0.6 is 0 Å². The molecule has 1 rings (SSSR count). The first-order chi connectivity index (χ1) is 7.22. The van der Waals surface area contributed by atoms with Crippen LogP contribution in [0.15, 0.2) is 12.4 Å². The van der Waals surface area contributed by atoms with E-state index in [2.05, 4.69) is 41.8 Å². The third-order valence-corrected chi connectivity index (χ3v) is 3.08. The van der Waals surface area contributed by atoms with Gasteiger partial charge in [-0.1, -0.05) is 20.3 Å². The van der Waals surface area contributed by atoms with Crippen LogP contribution in [0.1, 0.15) is 45.5 Å². The number of hydrogen-bond acceptors (Lipinski definition) is 2. The first-order valence-electron chi connectivity index (χ1n) is 5.91. The number of aryl methyl sites for hydroxylation is 1. The number of hydrogen-bond donors (Lipinski definition) is 1. The van der Waals surface area contributed by atoms with Crippen LogP contribution < -0.4 is 5.32 Å². The second-order valence-corrected chi connectivity index (χ2v) is 4.16. The molecule has 3 nitrogen and oxygen atoms in total. The van der Waals surface area contributed by atoms with Gasteiger partial charge in [0.1, 0.15) is 5.82 Å². The molecule has 3 heteroatoms. The molecule has 1 aromatic heterocycles. The topological polar surface area (TPSA) is 29.9 Å². The molecule has 0 amide bonds. The predicted octanol–water partition coefficient (Wildman–Crippen LogP) is 2.60. The maximum absolute atomic E-state index is 4.45. The van der Waals surface area contributed by atoms with Crippen molar-refractivity contribution in [2.45, 2.75) is 46.2 Å². The van der Waals surface area contributed by atoms with Gasteiger partial charge >= 0.3 is 0 Å². The van der Waals surface area contributed by atoms with Crippen molar-refractivity contribution >= 4 is 0 Å². The molecule has 2 atom stereocenters. The second kappa shape index (κ2) is 5.91. The van der Waals surface area contributed by atoms with E-state index in [0.717, 1.165) is 18.9 Å². The maximum atomic E-state index is 4.45. The van der Waals surface area contributed by atoms with Crippen LogP contribution in [0.3, 0.4) is 0 Å². The van der Waals surface area contributed by atoms with Gasteiger partial charge in [0.25, 0.3) is 0 Å². The Kier molecular flexibility index (Phi) is 4.82. The number of nitrogens with one attached hydrogen (secondary N) is 1. The molecule has 0 aromatic carbocycles. The van der Waals surface area contributed by atoms with Gasteiger partial charge in [-0.3, -0.25) is 0 Å². The van der Waals surface area contributed by atoms with Gasteiger partial charge in [-0.15, -0.1) is 0 Å². The number of rotatable bonds is 6. The van der Waals surface area contributed by atoms with Crippen molar-refractivity contribution < 1.29 is 0 Å². The average molecular weight is 209 g/mol. The highest BCUT2D eigenvalue weighted by molar-refractivity contribution is 4.99. The van der Waals surface area contributed by atoms with Crippen molar-refractivity contribution in [1.29, 1.82) is 0 Å². The van der Waals surface area contributed by atoms with Gasteiger partial charge in [-0.2, -0.15) is 0 Å². The summed E-state index contributed by atoms with van der Waals surface area (Å²) >= 11 is 0. The van der Waals surface area contributed by atoms with Crippen molar-refractivity contribution in [2.75, 3.05) is 7.05 Å². The molecule has 0 aliphatic rings. The first-order valence-corrected chi connectivity index (χ1v) is 5.91. The van der Waals surface area contributed by atoms with E-state index in [0.29, 0.717) is 6.04 Å². The summed E-state index contributed by atoms with van der Waals surface area (Å²) in [6, 6.07) is 0.384. The molecule has 0 saturated heterocycles. The Morgan fingerprint density at radius 2 is 2.20 bits per heavy atom. The SMILES string of the molecule is CCC(C)CC(NC)c1nccn1CC. The van der Waals surface area contributed by atoms with E-state index < -0.39 is 0 Å². The number of nitrogens with zero attached hydrogens (tertiary/aromatic N) is 2. The lowest BCUT2D eigenvalue weighted by molar-refractivity contribution is 0.399. The summed E-state index contributed by atoms with van der Waals surface area (Å²) in [5, 5.41) is 3.36. The zero-order valence-electron chi connectivity index (χ0n) is 10.3. The van der Waals surface area contributed by atoms with Crippen molar-refractivity contribution in [3.8, 4) is 0 Å². The van der Waals surface area contributed by atoms with Gasteiger partial charge in [-0.05, 0) is 26.3 Å². The Bertz CT molecular complexity index is 280. The van der Waals surface area contributed by atoms with E-state index >= 15 is 0 Å². The fourth-order valence-corrected chi connectivity index (χ4v) is 1.82. The quantitative estimate of drug-likeness (QED) is 0.780. The molecule has 2 unspecified atom stereocenters. The molecule has 0 aliphatic carbocycles. The summed E-state index contributed by atoms with van der Waals surface area (Å²) in [6.07, 6.45) is 6.32. The van der Waals surface area contributed by atoms with E-state index in [9.17, 15) is 0 Å². The summed E-state index contributed by atoms with van der Waals surface area (Å²) in [5.41, 5.74) is 0. The van der Waals surface area contributed by atoms with E-state index in [1.807, 2.05) is 13.2 Å². The molecule has 1 N–H and O–H groups in total. The number of aromatic nitrogens is 2. The molecule has 0 aliphatic heterocycles. The highest BCUT2D eigenvalue weighted by Crippen LogP contribution is 2.21. The minimum absolute atomic E-state index is 0.384. The Morgan fingerprint density at radius 1 is 1.47 bits per heavy atom. The summed E-state index contributed by atoms with van der Waals surface area (Å²) in [5.74, 6) is 1.91. The van der Waals surface area contributed by atoms with Crippen molar-refractivity contribution in [3.05, 3.63) is 18.2 Å². The molecule has 0 bridgehead atoms. The van der Waals surface area contributed by atoms with E-state index in [-0.39, 0.29) is 0 Å². The van der Waals surface area contributed by atoms with Gasteiger partial charge < -0.3 is 9.88 Å². The van der Waals surface area contributed by atoms with Crippen molar-refractivity contribution in [3.63, 3.8) is 0 Å². The van der Waals surface area contributed by atoms with Crippen LogP contribution in [-0.4, -0.2) is 16.6 Å². The predicted molar refractivity (Wildman–Crippen MR) is 63.8 cm³/mol. The molecular formula is C12H23N3. The van der Waals surface area contributed by atoms with Crippen LogP contribution in [0.25, 0.3) is 0 Å². The smallest absolute Gasteiger partial charge is 0.125 e. The molecule has 15 heavy (non-hydrogen) atoms. The van der Waals surface area contributed by atoms with Crippen molar-refractivity contribution in [2.24, 2.45) is 5.92 Å². The lowest BCUT2D eigenvalue weighted by atomic mass is 9.99. The lowest BCUT2D eigenvalue weighted by Crippen LogP contribution is -2.22. The van der Waals surface area contributed by atoms with E-state index in [1.165, 1.54) is 12.2 Å². The van der Waals surface area contributed by atoms with Gasteiger partial charge in [0.05, 0.1) is 6.04 Å². The lowest BCUT2D eigenvalue weighted by Gasteiger charge is -2.20. The standard InChI is InChI=1S/C12H23N3/c1-5-10(3)9-11(13-4)12-14-7-8-15(12)6-2/h7-8,10-11,13H,5-6,9H2,1-4H3. The molecule has 1 aromatic rings. The normalized spacial score (nSPS) is 15.2. The van der Waals surface area contributed by atoms with Crippen LogP contribution in [0.4, 0.5) is 0 Å². The summed E-state index contributed by atoms with van der Waals surface area (Å²) < 4.78 is 2.21. The zero-order valence-corrected chi connectivity index (χ0v) is 10.3. The fourth-order valence-electron chi connectivity index (χ4n) is 1.82. The molecule has 0 fully saturated rings. The van der Waals surface area contributed by atoms with Gasteiger partial charge in [0, 0.05) is 18.9 Å². The number of imidazole rings is 1. The van der Waals surface area contributed by atoms with E-state index in [4.69, 9.17) is 0 Å². The summed E-state index contributed by atoms with van der Waals surface area (Å²) in [6.45, 7) is 7.68. The average Bonchev–Trinajstić information content (AvgIpc) is 2.73. The van der Waals surface area contributed by atoms with Crippen LogP contribution in [-0.2, 0) is 6.54 Å². The third kappa shape index (κ3) is 3.06. The molecular weight excluding hydrogens is 186 g/mol. The molecule has 0 saturated carbocycles. The third-order valence-electron chi connectivity index (χ3n) is 3.08. The van der Waals surface area contributed by atoms with Crippen LogP contribution in [0, 0.1) is 5.92 Å². The first kappa shape index (κ1) is 12.2. The maximum Gasteiger partial charge on any atom is 0.125 e. The highest BCUT2D eigenvalue weighted by atomic mass is 15.1. The second-order valence-electron chi connectivity index (χ2n) is 4.16. The fraction of sp³-hybridized carbons (Fsp3) is 0.750. The van der Waals surface area contributed by atoms with Gasteiger partial charge in [0.2, 0.25) is 0 Å². The van der Waals surface area contributed by atoms with Crippen molar-refractivity contribution in [1.82, 2.24) is 14.9 Å². The van der Waals surface area contributed by atoms with Gasteiger partial charge in [0.15, 0.2) is 0 Å². The largest absolute Gasteiger partial charge is 0.334 e. The van der Waals surface area contributed by atoms with Gasteiger partial charge in [-0.25, -0.2) is 4.98 Å². The van der Waals surface area contributed by atoms with Crippen LogP contribution in [0.2, 0.25) is 0 Å². The minimum Gasteiger partial charge on any atom is -0.334 e. The Balaban J connectivity index is 2.73. The summed E-state index contributed by atoms with van der Waals surface area (Å²) in [4.78, 5) is 4.45.